The van der Waals surface area contributed by atoms with Gasteiger partial charge in [0, 0.05) is 17.8 Å². The van der Waals surface area contributed by atoms with Gasteiger partial charge in [-0.05, 0) is 32.0 Å². The van der Waals surface area contributed by atoms with Crippen molar-refractivity contribution in [3.8, 4) is 5.75 Å². The van der Waals surface area contributed by atoms with Crippen molar-refractivity contribution in [1.29, 1.82) is 0 Å². The minimum atomic E-state index is -0.465. The first kappa shape index (κ1) is 14.9. The number of nitrogens with zero attached hydrogens (tertiary/aromatic N) is 2. The van der Waals surface area contributed by atoms with Gasteiger partial charge in [-0.3, -0.25) is 4.79 Å². The molecule has 2 rings (SSSR count). The Hall–Kier alpha value is -2.50. The smallest absolute Gasteiger partial charge is 0.248 e. The maximum Gasteiger partial charge on any atom is 0.248 e. The number of carbonyl (C=O) groups is 1. The van der Waals surface area contributed by atoms with Crippen LogP contribution in [-0.4, -0.2) is 22.6 Å². The summed E-state index contributed by atoms with van der Waals surface area (Å²) in [5, 5.41) is 3.26. The molecule has 6 nitrogen and oxygen atoms in total. The molecular weight excluding hydrogens is 268 g/mol. The summed E-state index contributed by atoms with van der Waals surface area (Å²) < 4.78 is 7.37. The maximum absolute atomic E-state index is 11.3. The van der Waals surface area contributed by atoms with Crippen LogP contribution >= 0.6 is 0 Å². The van der Waals surface area contributed by atoms with Crippen molar-refractivity contribution >= 4 is 11.6 Å². The molecule has 0 atom stereocenters. The SMILES string of the molecule is COc1ccc(C(N)=O)cc1NCc1cncn1C(C)C. The molecule has 0 saturated heterocycles. The van der Waals surface area contributed by atoms with Gasteiger partial charge >= 0.3 is 0 Å². The van der Waals surface area contributed by atoms with Crippen LogP contribution in [0.25, 0.3) is 0 Å². The summed E-state index contributed by atoms with van der Waals surface area (Å²) in [7, 11) is 1.59. The molecule has 0 aliphatic carbocycles. The van der Waals surface area contributed by atoms with Gasteiger partial charge in [0.15, 0.2) is 0 Å². The molecule has 0 radical (unpaired) electrons. The van der Waals surface area contributed by atoms with E-state index in [1.54, 1.807) is 31.6 Å². The Bertz CT molecular complexity index is 634. The highest BCUT2D eigenvalue weighted by molar-refractivity contribution is 5.94. The third-order valence-corrected chi connectivity index (χ3v) is 3.25. The average molecular weight is 288 g/mol. The van der Waals surface area contributed by atoms with E-state index in [-0.39, 0.29) is 0 Å². The van der Waals surface area contributed by atoms with Gasteiger partial charge in [-0.15, -0.1) is 0 Å². The summed E-state index contributed by atoms with van der Waals surface area (Å²) in [4.78, 5) is 15.4. The summed E-state index contributed by atoms with van der Waals surface area (Å²) in [5.74, 6) is 0.198. The third-order valence-electron chi connectivity index (χ3n) is 3.25. The Balaban J connectivity index is 2.20. The van der Waals surface area contributed by atoms with E-state index in [0.717, 1.165) is 11.4 Å². The summed E-state index contributed by atoms with van der Waals surface area (Å²) >= 11 is 0. The van der Waals surface area contributed by atoms with E-state index in [9.17, 15) is 4.79 Å². The maximum atomic E-state index is 11.3. The molecule has 112 valence electrons. The molecule has 1 amide bonds. The summed E-state index contributed by atoms with van der Waals surface area (Å²) in [6.45, 7) is 4.77. The number of carbonyl (C=O) groups excluding carboxylic acids is 1. The largest absolute Gasteiger partial charge is 0.495 e. The van der Waals surface area contributed by atoms with Crippen molar-refractivity contribution in [2.75, 3.05) is 12.4 Å². The first-order valence-corrected chi connectivity index (χ1v) is 6.75. The Morgan fingerprint density at radius 1 is 1.48 bits per heavy atom. The van der Waals surface area contributed by atoms with Crippen LogP contribution in [0.4, 0.5) is 5.69 Å². The van der Waals surface area contributed by atoms with Crippen LogP contribution in [0.5, 0.6) is 5.75 Å². The van der Waals surface area contributed by atoms with Gasteiger partial charge in [-0.2, -0.15) is 0 Å². The van der Waals surface area contributed by atoms with Crippen molar-refractivity contribution in [3.05, 3.63) is 42.0 Å². The number of anilines is 1. The zero-order chi connectivity index (χ0) is 15.4. The van der Waals surface area contributed by atoms with Crippen LogP contribution in [0.15, 0.2) is 30.7 Å². The Kier molecular flexibility index (Phi) is 4.47. The number of hydrogen-bond acceptors (Lipinski definition) is 4. The molecule has 21 heavy (non-hydrogen) atoms. The van der Waals surface area contributed by atoms with E-state index in [2.05, 4.69) is 28.7 Å². The number of rotatable bonds is 6. The minimum absolute atomic E-state index is 0.336. The molecule has 2 aromatic rings. The quantitative estimate of drug-likeness (QED) is 0.853. The van der Waals surface area contributed by atoms with Crippen LogP contribution in [-0.2, 0) is 6.54 Å². The third kappa shape index (κ3) is 3.34. The standard InChI is InChI=1S/C15H20N4O2/c1-10(2)19-9-17-7-12(19)8-18-13-6-11(15(16)20)4-5-14(13)21-3/h4-7,9-10,18H,8H2,1-3H3,(H2,16,20). The van der Waals surface area contributed by atoms with Gasteiger partial charge < -0.3 is 20.4 Å². The second kappa shape index (κ2) is 6.30. The molecular formula is C15H20N4O2. The summed E-state index contributed by atoms with van der Waals surface area (Å²) in [5.41, 5.74) is 7.53. The highest BCUT2D eigenvalue weighted by atomic mass is 16.5. The second-order valence-electron chi connectivity index (χ2n) is 5.02. The normalized spacial score (nSPS) is 10.7. The van der Waals surface area contributed by atoms with Crippen molar-refractivity contribution < 1.29 is 9.53 Å². The predicted molar refractivity (Wildman–Crippen MR) is 81.5 cm³/mol. The molecule has 3 N–H and O–H groups in total. The van der Waals surface area contributed by atoms with Crippen LogP contribution in [0.2, 0.25) is 0 Å². The van der Waals surface area contributed by atoms with Crippen molar-refractivity contribution in [1.82, 2.24) is 9.55 Å². The fourth-order valence-electron chi connectivity index (χ4n) is 2.12. The lowest BCUT2D eigenvalue weighted by Crippen LogP contribution is -2.13. The zero-order valence-corrected chi connectivity index (χ0v) is 12.5. The number of hydrogen-bond donors (Lipinski definition) is 2. The highest BCUT2D eigenvalue weighted by Crippen LogP contribution is 2.26. The number of methoxy groups -OCH3 is 1. The van der Waals surface area contributed by atoms with Crippen LogP contribution in [0.3, 0.4) is 0 Å². The van der Waals surface area contributed by atoms with Gasteiger partial charge in [0.25, 0.3) is 0 Å². The molecule has 0 saturated carbocycles. The van der Waals surface area contributed by atoms with Crippen molar-refractivity contribution in [2.24, 2.45) is 5.73 Å². The first-order chi connectivity index (χ1) is 10.0. The van der Waals surface area contributed by atoms with E-state index in [4.69, 9.17) is 10.5 Å². The fourth-order valence-corrected chi connectivity index (χ4v) is 2.12. The Labute approximate surface area is 123 Å². The number of primary amides is 1. The average Bonchev–Trinajstić information content (AvgIpc) is 2.93. The number of nitrogens with two attached hydrogens (primary N) is 1. The van der Waals surface area contributed by atoms with E-state index < -0.39 is 5.91 Å². The van der Waals surface area contributed by atoms with Crippen LogP contribution < -0.4 is 15.8 Å². The fraction of sp³-hybridized carbons (Fsp3) is 0.333. The molecule has 1 aromatic heterocycles. The van der Waals surface area contributed by atoms with Gasteiger partial charge in [0.2, 0.25) is 5.91 Å². The summed E-state index contributed by atoms with van der Waals surface area (Å²) in [6.07, 6.45) is 3.62. The number of nitrogens with one attached hydrogen (secondary N) is 1. The van der Waals surface area contributed by atoms with Crippen LogP contribution in [0.1, 0.15) is 35.9 Å². The van der Waals surface area contributed by atoms with Gasteiger partial charge in [-0.1, -0.05) is 0 Å². The molecule has 0 unspecified atom stereocenters. The molecule has 0 fully saturated rings. The van der Waals surface area contributed by atoms with Gasteiger partial charge in [0.05, 0.1) is 31.4 Å². The Morgan fingerprint density at radius 3 is 2.86 bits per heavy atom. The van der Waals surface area contributed by atoms with E-state index in [0.29, 0.717) is 23.9 Å². The lowest BCUT2D eigenvalue weighted by Gasteiger charge is -2.15. The van der Waals surface area contributed by atoms with E-state index in [1.165, 1.54) is 0 Å². The van der Waals surface area contributed by atoms with Gasteiger partial charge in [0.1, 0.15) is 5.75 Å². The molecule has 0 bridgehead atoms. The Morgan fingerprint density at radius 2 is 2.24 bits per heavy atom. The van der Waals surface area contributed by atoms with Crippen molar-refractivity contribution in [3.63, 3.8) is 0 Å². The molecule has 0 aliphatic rings. The zero-order valence-electron chi connectivity index (χ0n) is 12.5. The number of benzene rings is 1. The molecule has 1 heterocycles. The second-order valence-corrected chi connectivity index (χ2v) is 5.02. The molecule has 0 aliphatic heterocycles. The topological polar surface area (TPSA) is 82.2 Å². The molecule has 0 spiro atoms. The number of ether oxygens (including phenoxy) is 1. The number of amides is 1. The first-order valence-electron chi connectivity index (χ1n) is 6.75. The monoisotopic (exact) mass is 288 g/mol. The predicted octanol–water partition coefficient (Wildman–Crippen LogP) is 2.18. The minimum Gasteiger partial charge on any atom is -0.495 e. The highest BCUT2D eigenvalue weighted by Gasteiger charge is 2.10. The lowest BCUT2D eigenvalue weighted by molar-refractivity contribution is 0.100. The van der Waals surface area contributed by atoms with E-state index in [1.807, 2.05) is 6.20 Å². The lowest BCUT2D eigenvalue weighted by atomic mass is 10.1. The van der Waals surface area contributed by atoms with Gasteiger partial charge in [-0.25, -0.2) is 4.98 Å². The van der Waals surface area contributed by atoms with Crippen molar-refractivity contribution in [2.45, 2.75) is 26.4 Å². The molecule has 6 heteroatoms. The number of aromatic nitrogens is 2. The molecule has 1 aromatic carbocycles. The number of imidazole rings is 1. The van der Waals surface area contributed by atoms with Crippen LogP contribution in [0, 0.1) is 0 Å². The summed E-state index contributed by atoms with van der Waals surface area (Å²) in [6, 6.07) is 5.40. The van der Waals surface area contributed by atoms with E-state index >= 15 is 0 Å².